The zero-order valence-electron chi connectivity index (χ0n) is 14.1. The summed E-state index contributed by atoms with van der Waals surface area (Å²) in [5, 5.41) is 3.14. The van der Waals surface area contributed by atoms with Crippen LogP contribution >= 0.6 is 22.9 Å². The van der Waals surface area contributed by atoms with Crippen LogP contribution in [0.3, 0.4) is 0 Å². The van der Waals surface area contributed by atoms with Gasteiger partial charge in [-0.25, -0.2) is 13.4 Å². The minimum Gasteiger partial charge on any atom is -0.489 e. The van der Waals surface area contributed by atoms with E-state index in [0.717, 1.165) is 11.4 Å². The van der Waals surface area contributed by atoms with Crippen LogP contribution in [-0.2, 0) is 21.3 Å². The molecule has 1 aliphatic heterocycles. The summed E-state index contributed by atoms with van der Waals surface area (Å²) in [5.74, 6) is 1.09. The lowest BCUT2D eigenvalue weighted by Gasteiger charge is -2.11. The van der Waals surface area contributed by atoms with Crippen LogP contribution in [0.5, 0.6) is 11.5 Å². The topological polar surface area (TPSA) is 65.5 Å². The maximum atomic E-state index is 12.5. The van der Waals surface area contributed by atoms with Crippen LogP contribution in [0.15, 0.2) is 17.5 Å². The number of ether oxygens (including phenoxy) is 2. The van der Waals surface area contributed by atoms with E-state index in [9.17, 15) is 8.42 Å². The lowest BCUT2D eigenvalue weighted by Crippen LogP contribution is -2.08. The van der Waals surface area contributed by atoms with Gasteiger partial charge in [0.15, 0.2) is 21.3 Å². The van der Waals surface area contributed by atoms with Gasteiger partial charge < -0.3 is 9.47 Å². The highest BCUT2D eigenvalue weighted by atomic mass is 35.5. The maximum Gasteiger partial charge on any atom is 0.179 e. The fourth-order valence-electron chi connectivity index (χ4n) is 2.55. The first-order valence-electron chi connectivity index (χ1n) is 8.07. The summed E-state index contributed by atoms with van der Waals surface area (Å²) in [5.41, 5.74) is 1.18. The molecular weight excluding hydrogens is 382 g/mol. The molecule has 0 spiro atoms. The predicted octanol–water partition coefficient (Wildman–Crippen LogP) is 4.20. The zero-order chi connectivity index (χ0) is 18.0. The Balaban J connectivity index is 1.78. The molecule has 3 rings (SSSR count). The summed E-state index contributed by atoms with van der Waals surface area (Å²) >= 11 is 7.73. The summed E-state index contributed by atoms with van der Waals surface area (Å²) in [6.07, 6.45) is 0.765. The van der Waals surface area contributed by atoms with E-state index in [0.29, 0.717) is 46.9 Å². The second kappa shape index (κ2) is 7.51. The van der Waals surface area contributed by atoms with Crippen molar-refractivity contribution < 1.29 is 17.9 Å². The molecule has 0 atom stereocenters. The van der Waals surface area contributed by atoms with E-state index >= 15 is 0 Å². The average Bonchev–Trinajstić information content (AvgIpc) is 2.83. The Bertz CT molecular complexity index is 862. The number of hydrogen-bond donors (Lipinski definition) is 0. The fourth-order valence-corrected chi connectivity index (χ4v) is 5.16. The van der Waals surface area contributed by atoms with Crippen LogP contribution in [0.1, 0.15) is 42.5 Å². The molecule has 136 valence electrons. The number of nitrogens with zero attached hydrogens (tertiary/aromatic N) is 1. The smallest absolute Gasteiger partial charge is 0.179 e. The third kappa shape index (κ3) is 4.65. The lowest BCUT2D eigenvalue weighted by atomic mass is 10.2. The summed E-state index contributed by atoms with van der Waals surface area (Å²) in [7, 11) is -3.36. The van der Waals surface area contributed by atoms with Crippen LogP contribution in [0.25, 0.3) is 0 Å². The Morgan fingerprint density at radius 3 is 2.72 bits per heavy atom. The molecule has 0 aliphatic carbocycles. The summed E-state index contributed by atoms with van der Waals surface area (Å²) in [6.45, 7) is 5.14. The first-order chi connectivity index (χ1) is 11.8. The van der Waals surface area contributed by atoms with E-state index in [1.165, 1.54) is 11.3 Å². The van der Waals surface area contributed by atoms with Gasteiger partial charge in [0.25, 0.3) is 0 Å². The number of sulfone groups is 1. The Kier molecular flexibility index (Phi) is 5.55. The van der Waals surface area contributed by atoms with E-state index in [4.69, 9.17) is 21.1 Å². The van der Waals surface area contributed by atoms with Gasteiger partial charge in [-0.05, 0) is 17.7 Å². The molecule has 0 amide bonds. The summed E-state index contributed by atoms with van der Waals surface area (Å²) in [4.78, 5) is 4.41. The number of rotatable bonds is 5. The monoisotopic (exact) mass is 401 g/mol. The molecule has 1 aromatic heterocycles. The molecule has 0 bridgehead atoms. The second-order valence-electron chi connectivity index (χ2n) is 6.32. The molecule has 1 aromatic carbocycles. The maximum absolute atomic E-state index is 12.5. The Morgan fingerprint density at radius 1 is 1.24 bits per heavy atom. The van der Waals surface area contributed by atoms with Crippen molar-refractivity contribution in [3.63, 3.8) is 0 Å². The van der Waals surface area contributed by atoms with Crippen LogP contribution in [0.4, 0.5) is 0 Å². The van der Waals surface area contributed by atoms with Gasteiger partial charge in [-0.15, -0.1) is 11.3 Å². The van der Waals surface area contributed by atoms with Crippen molar-refractivity contribution in [1.29, 1.82) is 0 Å². The molecule has 0 saturated heterocycles. The van der Waals surface area contributed by atoms with Crippen LogP contribution < -0.4 is 9.47 Å². The number of fused-ring (bicyclic) bond motifs is 1. The molecule has 0 N–H and O–H groups in total. The SMILES string of the molecule is CC(C)c1nc(CS(=O)(=O)Cc2cc(Cl)c3c(c2)OCCCO3)cs1. The third-order valence-electron chi connectivity index (χ3n) is 3.68. The Hall–Kier alpha value is -1.31. The van der Waals surface area contributed by atoms with Gasteiger partial charge in [0.1, 0.15) is 0 Å². The Labute approximate surface area is 156 Å². The fraction of sp³-hybridized carbons (Fsp3) is 0.471. The molecule has 8 heteroatoms. The first-order valence-corrected chi connectivity index (χ1v) is 11.1. The van der Waals surface area contributed by atoms with Crippen LogP contribution in [0.2, 0.25) is 5.02 Å². The highest BCUT2D eigenvalue weighted by Crippen LogP contribution is 2.38. The van der Waals surface area contributed by atoms with Gasteiger partial charge in [0.2, 0.25) is 0 Å². The molecule has 0 unspecified atom stereocenters. The molecule has 0 fully saturated rings. The van der Waals surface area contributed by atoms with Crippen LogP contribution in [0, 0.1) is 0 Å². The standard InChI is InChI=1S/C17H20ClNO4S2/c1-11(2)17-19-13(8-24-17)10-25(20,21)9-12-6-14(18)16-15(7-12)22-4-3-5-23-16/h6-8,11H,3-5,9-10H2,1-2H3. The third-order valence-corrected chi connectivity index (χ3v) is 6.66. The van der Waals surface area contributed by atoms with Gasteiger partial charge in [-0.2, -0.15) is 0 Å². The van der Waals surface area contributed by atoms with E-state index in [1.54, 1.807) is 12.1 Å². The number of hydrogen-bond acceptors (Lipinski definition) is 6. The predicted molar refractivity (Wildman–Crippen MR) is 99.6 cm³/mol. The number of benzene rings is 1. The van der Waals surface area contributed by atoms with Gasteiger partial charge >= 0.3 is 0 Å². The molecular formula is C17H20ClNO4S2. The molecule has 0 radical (unpaired) electrons. The molecule has 0 saturated carbocycles. The first kappa shape index (κ1) is 18.5. The minimum atomic E-state index is -3.36. The van der Waals surface area contributed by atoms with Gasteiger partial charge in [0, 0.05) is 17.7 Å². The van der Waals surface area contributed by atoms with E-state index in [-0.39, 0.29) is 11.5 Å². The van der Waals surface area contributed by atoms with Crippen molar-refractivity contribution in [2.24, 2.45) is 0 Å². The normalized spacial score (nSPS) is 14.6. The van der Waals surface area contributed by atoms with E-state index in [1.807, 2.05) is 19.2 Å². The van der Waals surface area contributed by atoms with Crippen molar-refractivity contribution >= 4 is 32.8 Å². The van der Waals surface area contributed by atoms with E-state index < -0.39 is 9.84 Å². The molecule has 2 heterocycles. The number of aromatic nitrogens is 1. The van der Waals surface area contributed by atoms with Crippen molar-refractivity contribution in [2.75, 3.05) is 13.2 Å². The van der Waals surface area contributed by atoms with Crippen molar-refractivity contribution in [3.05, 3.63) is 38.8 Å². The largest absolute Gasteiger partial charge is 0.489 e. The molecule has 2 aromatic rings. The highest BCUT2D eigenvalue weighted by Gasteiger charge is 2.20. The molecule has 25 heavy (non-hydrogen) atoms. The second-order valence-corrected chi connectivity index (χ2v) is 9.68. The number of thiazole rings is 1. The van der Waals surface area contributed by atoms with Gasteiger partial charge in [-0.3, -0.25) is 0 Å². The minimum absolute atomic E-state index is 0.0811. The molecule has 5 nitrogen and oxygen atoms in total. The lowest BCUT2D eigenvalue weighted by molar-refractivity contribution is 0.297. The summed E-state index contributed by atoms with van der Waals surface area (Å²) < 4.78 is 36.3. The van der Waals surface area contributed by atoms with Crippen molar-refractivity contribution in [2.45, 2.75) is 37.7 Å². The highest BCUT2D eigenvalue weighted by molar-refractivity contribution is 7.89. The van der Waals surface area contributed by atoms with Gasteiger partial charge in [-0.1, -0.05) is 25.4 Å². The summed E-state index contributed by atoms with van der Waals surface area (Å²) in [6, 6.07) is 3.33. The quantitative estimate of drug-likeness (QED) is 0.751. The zero-order valence-corrected chi connectivity index (χ0v) is 16.5. The van der Waals surface area contributed by atoms with Gasteiger partial charge in [0.05, 0.1) is 40.4 Å². The molecule has 1 aliphatic rings. The van der Waals surface area contributed by atoms with E-state index in [2.05, 4.69) is 4.98 Å². The average molecular weight is 402 g/mol. The number of halogens is 1. The van der Waals surface area contributed by atoms with Crippen molar-refractivity contribution in [1.82, 2.24) is 4.98 Å². The van der Waals surface area contributed by atoms with Crippen molar-refractivity contribution in [3.8, 4) is 11.5 Å². The van der Waals surface area contributed by atoms with Crippen LogP contribution in [-0.4, -0.2) is 26.6 Å². The Morgan fingerprint density at radius 2 is 2.00 bits per heavy atom.